The lowest BCUT2D eigenvalue weighted by Crippen LogP contribution is -2.25. The van der Waals surface area contributed by atoms with Crippen molar-refractivity contribution in [2.24, 2.45) is 4.99 Å². The molecule has 1 aliphatic rings. The molecule has 3 heterocycles. The van der Waals surface area contributed by atoms with Gasteiger partial charge in [0.15, 0.2) is 0 Å². The third-order valence-electron chi connectivity index (χ3n) is 10.5. The summed E-state index contributed by atoms with van der Waals surface area (Å²) in [5.41, 5.74) is 14.1. The van der Waals surface area contributed by atoms with Gasteiger partial charge in [-0.15, -0.1) is 0 Å². The monoisotopic (exact) mass is 719 g/mol. The molecular formula is C51H37N5. The first-order valence-corrected chi connectivity index (χ1v) is 18.9. The van der Waals surface area contributed by atoms with Crippen LogP contribution in [0.3, 0.4) is 0 Å². The summed E-state index contributed by atoms with van der Waals surface area (Å²) < 4.78 is 2.27. The normalized spacial score (nSPS) is 13.9. The number of benzene rings is 7. The second-order valence-corrected chi connectivity index (χ2v) is 14.0. The van der Waals surface area contributed by atoms with Gasteiger partial charge >= 0.3 is 0 Å². The summed E-state index contributed by atoms with van der Waals surface area (Å²) in [7, 11) is 0. The van der Waals surface area contributed by atoms with Crippen LogP contribution in [-0.4, -0.2) is 15.3 Å². The molecule has 0 fully saturated rings. The highest BCUT2D eigenvalue weighted by molar-refractivity contribution is 6.13. The molecule has 0 bridgehead atoms. The van der Waals surface area contributed by atoms with Crippen LogP contribution in [0, 0.1) is 0 Å². The van der Waals surface area contributed by atoms with E-state index in [-0.39, 0.29) is 6.17 Å². The summed E-state index contributed by atoms with van der Waals surface area (Å²) in [5.74, 6) is 0.859. The highest BCUT2D eigenvalue weighted by Crippen LogP contribution is 2.38. The Morgan fingerprint density at radius 1 is 0.500 bits per heavy atom. The number of hydrogen-bond donors (Lipinski definition) is 2. The Kier molecular flexibility index (Phi) is 8.50. The maximum absolute atomic E-state index is 5.16. The first-order chi connectivity index (χ1) is 27.7. The van der Waals surface area contributed by atoms with Crippen LogP contribution in [0.25, 0.3) is 55.6 Å². The van der Waals surface area contributed by atoms with E-state index in [1.165, 1.54) is 10.8 Å². The zero-order valence-electron chi connectivity index (χ0n) is 30.5. The van der Waals surface area contributed by atoms with Gasteiger partial charge in [0.25, 0.3) is 0 Å². The van der Waals surface area contributed by atoms with Gasteiger partial charge in [-0.2, -0.15) is 0 Å². The number of nitrogens with zero attached hydrogens (tertiary/aromatic N) is 3. The zero-order chi connectivity index (χ0) is 37.3. The highest BCUT2D eigenvalue weighted by Gasteiger charge is 2.21. The van der Waals surface area contributed by atoms with Crippen molar-refractivity contribution in [2.75, 3.05) is 5.32 Å². The average molecular weight is 720 g/mol. The zero-order valence-corrected chi connectivity index (χ0v) is 30.5. The maximum Gasteiger partial charge on any atom is 0.146 e. The number of fused-ring (bicyclic) bond motifs is 3. The Morgan fingerprint density at radius 3 is 1.86 bits per heavy atom. The van der Waals surface area contributed by atoms with E-state index in [1.54, 1.807) is 0 Å². The third-order valence-corrected chi connectivity index (χ3v) is 10.5. The Balaban J connectivity index is 1.02. The van der Waals surface area contributed by atoms with Crippen molar-refractivity contribution in [1.82, 2.24) is 14.9 Å². The van der Waals surface area contributed by atoms with Crippen molar-refractivity contribution >= 4 is 44.6 Å². The van der Waals surface area contributed by atoms with Crippen molar-refractivity contribution in [3.8, 4) is 28.1 Å². The van der Waals surface area contributed by atoms with Gasteiger partial charge in [0, 0.05) is 45.2 Å². The van der Waals surface area contributed by atoms with E-state index in [0.29, 0.717) is 0 Å². The first kappa shape index (κ1) is 33.1. The van der Waals surface area contributed by atoms with E-state index in [4.69, 9.17) is 9.98 Å². The van der Waals surface area contributed by atoms with E-state index in [9.17, 15) is 0 Å². The van der Waals surface area contributed by atoms with Crippen molar-refractivity contribution < 1.29 is 0 Å². The minimum atomic E-state index is -0.289. The molecule has 1 atom stereocenters. The number of aromatic nitrogens is 2. The molecule has 0 radical (unpaired) electrons. The molecule has 0 saturated heterocycles. The van der Waals surface area contributed by atoms with Crippen LogP contribution in [0.4, 0.5) is 11.4 Å². The lowest BCUT2D eigenvalue weighted by atomic mass is 9.96. The molecular weight excluding hydrogens is 683 g/mol. The molecule has 0 spiro atoms. The largest absolute Gasteiger partial charge is 0.359 e. The number of anilines is 2. The number of hydrogen-bond acceptors (Lipinski definition) is 4. The molecule has 0 saturated carbocycles. The smallest absolute Gasteiger partial charge is 0.146 e. The number of nitrogens with one attached hydrogen (secondary N) is 2. The molecule has 0 aliphatic carbocycles. The highest BCUT2D eigenvalue weighted by atomic mass is 15.1. The predicted octanol–water partition coefficient (Wildman–Crippen LogP) is 12.4. The molecule has 0 amide bonds. The van der Waals surface area contributed by atoms with Gasteiger partial charge in [0.1, 0.15) is 12.0 Å². The Labute approximate surface area is 326 Å². The SMILES string of the molecule is C1=C(c2ccccc2)NC(c2ccc(-n3c4ccccc4c4cc(-c5ccc(Nc6ccccc6)c(-c6ccccc6)c5)ccc43)nc2)N=C1c1ccccc1. The summed E-state index contributed by atoms with van der Waals surface area (Å²) in [4.78, 5) is 10.2. The second-order valence-electron chi connectivity index (χ2n) is 14.0. The number of pyridine rings is 1. The second kappa shape index (κ2) is 14.4. The van der Waals surface area contributed by atoms with E-state index >= 15 is 0 Å². The minimum Gasteiger partial charge on any atom is -0.359 e. The van der Waals surface area contributed by atoms with Gasteiger partial charge < -0.3 is 10.6 Å². The molecule has 1 unspecified atom stereocenters. The third kappa shape index (κ3) is 6.31. The van der Waals surface area contributed by atoms with Gasteiger partial charge in [0.05, 0.1) is 16.7 Å². The standard InChI is InChI=1S/C51H37N5/c1-5-15-35(16-6-1)43-31-38(25-28-45(43)53-41-21-11-4-12-22-41)39-26-29-49-44(32-39)42-23-13-14-24-48(42)56(49)50-30-27-40(34-52-50)51-54-46(36-17-7-2-8-18-36)33-47(55-51)37-19-9-3-10-20-37/h1-34,51,53-54H. The Hall–Kier alpha value is -7.50. The molecule has 266 valence electrons. The predicted molar refractivity (Wildman–Crippen MR) is 232 cm³/mol. The molecule has 5 heteroatoms. The molecule has 2 aromatic heterocycles. The van der Waals surface area contributed by atoms with Crippen LogP contribution in [0.2, 0.25) is 0 Å². The van der Waals surface area contributed by atoms with Crippen LogP contribution >= 0.6 is 0 Å². The fraction of sp³-hybridized carbons (Fsp3) is 0.0196. The van der Waals surface area contributed by atoms with Gasteiger partial charge in [0.2, 0.25) is 0 Å². The molecule has 10 rings (SSSR count). The van der Waals surface area contributed by atoms with Crippen LogP contribution in [0.1, 0.15) is 22.9 Å². The van der Waals surface area contributed by atoms with Crippen LogP contribution < -0.4 is 10.6 Å². The van der Waals surface area contributed by atoms with Crippen molar-refractivity contribution in [2.45, 2.75) is 6.17 Å². The average Bonchev–Trinajstić information content (AvgIpc) is 3.61. The summed E-state index contributed by atoms with van der Waals surface area (Å²) in [6.45, 7) is 0. The lowest BCUT2D eigenvalue weighted by Gasteiger charge is -2.25. The summed E-state index contributed by atoms with van der Waals surface area (Å²) in [6, 6.07) is 68.0. The quantitative estimate of drug-likeness (QED) is 0.164. The van der Waals surface area contributed by atoms with E-state index < -0.39 is 0 Å². The first-order valence-electron chi connectivity index (χ1n) is 18.9. The number of aliphatic imine (C=N–C) groups is 1. The fourth-order valence-corrected chi connectivity index (χ4v) is 7.70. The Morgan fingerprint density at radius 2 is 1.12 bits per heavy atom. The number of allylic oxidation sites excluding steroid dienone is 1. The topological polar surface area (TPSA) is 54.2 Å². The maximum atomic E-state index is 5.16. The van der Waals surface area contributed by atoms with Crippen LogP contribution in [-0.2, 0) is 0 Å². The fourth-order valence-electron chi connectivity index (χ4n) is 7.70. The number of para-hydroxylation sites is 2. The molecule has 56 heavy (non-hydrogen) atoms. The molecule has 9 aromatic rings. The summed E-state index contributed by atoms with van der Waals surface area (Å²) in [5, 5.41) is 9.68. The van der Waals surface area contributed by atoms with Gasteiger partial charge in [-0.25, -0.2) is 4.98 Å². The Bertz CT molecular complexity index is 2880. The van der Waals surface area contributed by atoms with E-state index in [1.807, 2.05) is 24.4 Å². The van der Waals surface area contributed by atoms with Crippen molar-refractivity contribution in [3.05, 3.63) is 223 Å². The van der Waals surface area contributed by atoms with Gasteiger partial charge in [-0.1, -0.05) is 140 Å². The van der Waals surface area contributed by atoms with Crippen LogP contribution in [0.15, 0.2) is 211 Å². The summed E-state index contributed by atoms with van der Waals surface area (Å²) in [6.07, 6.45) is 3.80. The molecule has 1 aliphatic heterocycles. The molecule has 5 nitrogen and oxygen atoms in total. The summed E-state index contributed by atoms with van der Waals surface area (Å²) >= 11 is 0. The van der Waals surface area contributed by atoms with Crippen molar-refractivity contribution in [1.29, 1.82) is 0 Å². The minimum absolute atomic E-state index is 0.289. The number of rotatable bonds is 8. The van der Waals surface area contributed by atoms with E-state index in [2.05, 4.69) is 197 Å². The molecule has 7 aromatic carbocycles. The van der Waals surface area contributed by atoms with Crippen molar-refractivity contribution in [3.63, 3.8) is 0 Å². The van der Waals surface area contributed by atoms with Gasteiger partial charge in [-0.3, -0.25) is 9.56 Å². The van der Waals surface area contributed by atoms with Crippen LogP contribution in [0.5, 0.6) is 0 Å². The molecule has 2 N–H and O–H groups in total. The van der Waals surface area contributed by atoms with Gasteiger partial charge in [-0.05, 0) is 88.5 Å². The van der Waals surface area contributed by atoms with E-state index in [0.717, 1.165) is 78.6 Å². The lowest BCUT2D eigenvalue weighted by molar-refractivity contribution is 0.660.